The third-order valence-corrected chi connectivity index (χ3v) is 3.57. The second kappa shape index (κ2) is 9.18. The summed E-state index contributed by atoms with van der Waals surface area (Å²) in [6, 6.07) is 7.09. The minimum atomic E-state index is -0.501. The fourth-order valence-corrected chi connectivity index (χ4v) is 2.27. The zero-order valence-corrected chi connectivity index (χ0v) is 14.8. The molecule has 23 heavy (non-hydrogen) atoms. The SMILES string of the molecule is CCCC(=O)N(Cc1ccc(OC)cc1)[C@@H](C)C(=O)NC(C)C. The predicted octanol–water partition coefficient (Wildman–Crippen LogP) is 2.74. The highest BCUT2D eigenvalue weighted by molar-refractivity contribution is 5.87. The van der Waals surface area contributed by atoms with Gasteiger partial charge in [0.1, 0.15) is 11.8 Å². The average Bonchev–Trinajstić information content (AvgIpc) is 2.52. The molecule has 0 bridgehead atoms. The van der Waals surface area contributed by atoms with Gasteiger partial charge in [0.25, 0.3) is 0 Å². The van der Waals surface area contributed by atoms with Gasteiger partial charge in [-0.2, -0.15) is 0 Å². The summed E-state index contributed by atoms with van der Waals surface area (Å²) in [5.74, 6) is 0.637. The molecule has 0 unspecified atom stereocenters. The second-order valence-electron chi connectivity index (χ2n) is 5.96. The van der Waals surface area contributed by atoms with Crippen molar-refractivity contribution in [2.24, 2.45) is 0 Å². The van der Waals surface area contributed by atoms with Crippen LogP contribution in [-0.4, -0.2) is 35.9 Å². The van der Waals surface area contributed by atoms with E-state index in [2.05, 4.69) is 5.32 Å². The Labute approximate surface area is 139 Å². The quantitative estimate of drug-likeness (QED) is 0.801. The zero-order valence-electron chi connectivity index (χ0n) is 14.8. The first kappa shape index (κ1) is 19.0. The van der Waals surface area contributed by atoms with Gasteiger partial charge in [0, 0.05) is 19.0 Å². The fraction of sp³-hybridized carbons (Fsp3) is 0.556. The van der Waals surface area contributed by atoms with Crippen LogP contribution in [0.3, 0.4) is 0 Å². The Morgan fingerprint density at radius 2 is 1.78 bits per heavy atom. The molecule has 1 atom stereocenters. The van der Waals surface area contributed by atoms with Crippen LogP contribution < -0.4 is 10.1 Å². The molecule has 0 saturated carbocycles. The molecule has 1 aromatic rings. The molecular weight excluding hydrogens is 292 g/mol. The maximum atomic E-state index is 12.4. The van der Waals surface area contributed by atoms with Gasteiger partial charge in [-0.25, -0.2) is 0 Å². The molecule has 0 spiro atoms. The second-order valence-corrected chi connectivity index (χ2v) is 5.96. The van der Waals surface area contributed by atoms with Crippen LogP contribution in [0.2, 0.25) is 0 Å². The molecule has 1 rings (SSSR count). The number of methoxy groups -OCH3 is 1. The molecule has 2 amide bonds. The van der Waals surface area contributed by atoms with Crippen molar-refractivity contribution >= 4 is 11.8 Å². The molecule has 0 heterocycles. The number of nitrogens with one attached hydrogen (secondary N) is 1. The minimum absolute atomic E-state index is 0.00489. The summed E-state index contributed by atoms with van der Waals surface area (Å²) in [5, 5.41) is 2.87. The van der Waals surface area contributed by atoms with Crippen molar-refractivity contribution in [3.63, 3.8) is 0 Å². The third-order valence-electron chi connectivity index (χ3n) is 3.57. The van der Waals surface area contributed by atoms with Gasteiger partial charge < -0.3 is 15.0 Å². The maximum absolute atomic E-state index is 12.4. The van der Waals surface area contributed by atoms with Crippen LogP contribution in [0.25, 0.3) is 0 Å². The van der Waals surface area contributed by atoms with Gasteiger partial charge >= 0.3 is 0 Å². The van der Waals surface area contributed by atoms with Crippen LogP contribution >= 0.6 is 0 Å². The van der Waals surface area contributed by atoms with Crippen molar-refractivity contribution in [1.82, 2.24) is 10.2 Å². The topological polar surface area (TPSA) is 58.6 Å². The monoisotopic (exact) mass is 320 g/mol. The summed E-state index contributed by atoms with van der Waals surface area (Å²) in [5.41, 5.74) is 0.972. The van der Waals surface area contributed by atoms with E-state index in [4.69, 9.17) is 4.74 Å². The van der Waals surface area contributed by atoms with Crippen molar-refractivity contribution in [2.45, 2.75) is 59.2 Å². The Morgan fingerprint density at radius 3 is 2.26 bits per heavy atom. The van der Waals surface area contributed by atoms with Crippen LogP contribution in [0.1, 0.15) is 46.1 Å². The standard InChI is InChI=1S/C18H28N2O3/c1-6-7-17(21)20(14(4)18(22)19-13(2)3)12-15-8-10-16(23-5)11-9-15/h8-11,13-14H,6-7,12H2,1-5H3,(H,19,22)/t14-/m0/s1. The van der Waals surface area contributed by atoms with Crippen LogP contribution in [0.4, 0.5) is 0 Å². The van der Waals surface area contributed by atoms with E-state index in [0.717, 1.165) is 17.7 Å². The number of carbonyl (C=O) groups excluding carboxylic acids is 2. The number of ether oxygens (including phenoxy) is 1. The van der Waals surface area contributed by atoms with Crippen molar-refractivity contribution < 1.29 is 14.3 Å². The Balaban J connectivity index is 2.90. The maximum Gasteiger partial charge on any atom is 0.242 e. The van der Waals surface area contributed by atoms with E-state index in [1.54, 1.807) is 18.9 Å². The Kier molecular flexibility index (Phi) is 7.59. The van der Waals surface area contributed by atoms with E-state index in [1.165, 1.54) is 0 Å². The molecule has 0 aromatic heterocycles. The summed E-state index contributed by atoms with van der Waals surface area (Å²) in [7, 11) is 1.62. The van der Waals surface area contributed by atoms with E-state index >= 15 is 0 Å². The Hall–Kier alpha value is -2.04. The average molecular weight is 320 g/mol. The van der Waals surface area contributed by atoms with Crippen LogP contribution in [-0.2, 0) is 16.1 Å². The Morgan fingerprint density at radius 1 is 1.17 bits per heavy atom. The van der Waals surface area contributed by atoms with Crippen molar-refractivity contribution in [3.8, 4) is 5.75 Å². The molecule has 0 aliphatic rings. The summed E-state index contributed by atoms with van der Waals surface area (Å²) >= 11 is 0. The summed E-state index contributed by atoms with van der Waals surface area (Å²) < 4.78 is 5.14. The number of rotatable bonds is 8. The number of nitrogens with zero attached hydrogens (tertiary/aromatic N) is 1. The molecule has 0 aliphatic heterocycles. The molecule has 0 saturated heterocycles. The lowest BCUT2D eigenvalue weighted by molar-refractivity contribution is -0.140. The highest BCUT2D eigenvalue weighted by Gasteiger charge is 2.25. The van der Waals surface area contributed by atoms with Gasteiger partial charge in [0.05, 0.1) is 7.11 Å². The molecule has 0 aliphatic carbocycles. The van der Waals surface area contributed by atoms with E-state index in [9.17, 15) is 9.59 Å². The van der Waals surface area contributed by atoms with Crippen molar-refractivity contribution in [2.75, 3.05) is 7.11 Å². The molecule has 0 radical (unpaired) electrons. The molecule has 5 nitrogen and oxygen atoms in total. The highest BCUT2D eigenvalue weighted by atomic mass is 16.5. The summed E-state index contributed by atoms with van der Waals surface area (Å²) in [6.07, 6.45) is 1.20. The van der Waals surface area contributed by atoms with Gasteiger partial charge in [0.2, 0.25) is 11.8 Å². The van der Waals surface area contributed by atoms with Gasteiger partial charge in [-0.1, -0.05) is 19.1 Å². The molecular formula is C18H28N2O3. The molecule has 128 valence electrons. The van der Waals surface area contributed by atoms with Gasteiger partial charge in [-0.15, -0.1) is 0 Å². The first-order valence-corrected chi connectivity index (χ1v) is 8.11. The number of hydrogen-bond acceptors (Lipinski definition) is 3. The molecule has 1 N–H and O–H groups in total. The molecule has 1 aromatic carbocycles. The van der Waals surface area contributed by atoms with E-state index < -0.39 is 6.04 Å². The Bertz CT molecular complexity index is 512. The van der Waals surface area contributed by atoms with Crippen molar-refractivity contribution in [3.05, 3.63) is 29.8 Å². The van der Waals surface area contributed by atoms with E-state index in [-0.39, 0.29) is 17.9 Å². The van der Waals surface area contributed by atoms with E-state index in [0.29, 0.717) is 13.0 Å². The number of amides is 2. The number of carbonyl (C=O) groups is 2. The zero-order chi connectivity index (χ0) is 17.4. The lowest BCUT2D eigenvalue weighted by Gasteiger charge is -2.29. The lowest BCUT2D eigenvalue weighted by atomic mass is 10.1. The van der Waals surface area contributed by atoms with Crippen LogP contribution in [0.15, 0.2) is 24.3 Å². The molecule has 5 heteroatoms. The van der Waals surface area contributed by atoms with Gasteiger partial charge in [0.15, 0.2) is 0 Å². The van der Waals surface area contributed by atoms with Gasteiger partial charge in [-0.3, -0.25) is 9.59 Å². The first-order chi connectivity index (χ1) is 10.9. The van der Waals surface area contributed by atoms with E-state index in [1.807, 2.05) is 45.0 Å². The lowest BCUT2D eigenvalue weighted by Crippen LogP contribution is -2.49. The fourth-order valence-electron chi connectivity index (χ4n) is 2.27. The largest absolute Gasteiger partial charge is 0.497 e. The number of benzene rings is 1. The predicted molar refractivity (Wildman–Crippen MR) is 91.2 cm³/mol. The summed E-state index contributed by atoms with van der Waals surface area (Å²) in [6.45, 7) is 7.96. The third kappa shape index (κ3) is 5.93. The van der Waals surface area contributed by atoms with Crippen LogP contribution in [0, 0.1) is 0 Å². The number of hydrogen-bond donors (Lipinski definition) is 1. The van der Waals surface area contributed by atoms with Gasteiger partial charge in [-0.05, 0) is 44.9 Å². The molecule has 0 fully saturated rings. The summed E-state index contributed by atoms with van der Waals surface area (Å²) in [4.78, 5) is 26.3. The highest BCUT2D eigenvalue weighted by Crippen LogP contribution is 2.16. The smallest absolute Gasteiger partial charge is 0.242 e. The van der Waals surface area contributed by atoms with Crippen LogP contribution in [0.5, 0.6) is 5.75 Å². The first-order valence-electron chi connectivity index (χ1n) is 8.11. The van der Waals surface area contributed by atoms with Crippen molar-refractivity contribution in [1.29, 1.82) is 0 Å². The normalized spacial score (nSPS) is 11.9. The minimum Gasteiger partial charge on any atom is -0.497 e.